The second-order valence-corrected chi connectivity index (χ2v) is 10.0. The van der Waals surface area contributed by atoms with Gasteiger partial charge in [0.15, 0.2) is 0 Å². The SMILES string of the molecule is C=CC(=O)OC1C[C@H]2CC[C@@]1(C)C2(C)C.C=CC(=O)OCC(CC)(COC(=O)C=C)COC(=O)C=C. The highest BCUT2D eigenvalue weighted by Crippen LogP contribution is 2.66. The van der Waals surface area contributed by atoms with Gasteiger partial charge in [-0.05, 0) is 37.0 Å². The van der Waals surface area contributed by atoms with Gasteiger partial charge in [-0.25, -0.2) is 19.2 Å². The molecule has 0 heterocycles. The van der Waals surface area contributed by atoms with E-state index < -0.39 is 23.3 Å². The first-order chi connectivity index (χ1) is 16.8. The quantitative estimate of drug-likeness (QED) is 0.217. The Morgan fingerprint density at radius 1 is 0.806 bits per heavy atom. The zero-order chi connectivity index (χ0) is 27.6. The number of carbonyl (C=O) groups excluding carboxylic acids is 4. The zero-order valence-corrected chi connectivity index (χ0v) is 22.0. The molecule has 0 saturated heterocycles. The van der Waals surface area contributed by atoms with Crippen LogP contribution in [0.5, 0.6) is 0 Å². The van der Waals surface area contributed by atoms with Crippen LogP contribution in [0.15, 0.2) is 50.6 Å². The lowest BCUT2D eigenvalue weighted by atomic mass is 9.70. The van der Waals surface area contributed by atoms with Crippen LogP contribution in [0.25, 0.3) is 0 Å². The summed E-state index contributed by atoms with van der Waals surface area (Å²) in [6, 6.07) is 0. The Morgan fingerprint density at radius 3 is 1.50 bits per heavy atom. The van der Waals surface area contributed by atoms with Crippen molar-refractivity contribution >= 4 is 23.9 Å². The summed E-state index contributed by atoms with van der Waals surface area (Å²) in [5, 5.41) is 0. The van der Waals surface area contributed by atoms with Gasteiger partial charge >= 0.3 is 23.9 Å². The maximum absolute atomic E-state index is 11.3. The van der Waals surface area contributed by atoms with Gasteiger partial charge in [-0.3, -0.25) is 0 Å². The van der Waals surface area contributed by atoms with E-state index in [2.05, 4.69) is 47.1 Å². The van der Waals surface area contributed by atoms with Gasteiger partial charge in [0.1, 0.15) is 25.9 Å². The summed E-state index contributed by atoms with van der Waals surface area (Å²) in [7, 11) is 0. The molecule has 0 spiro atoms. The van der Waals surface area contributed by atoms with E-state index in [9.17, 15) is 19.2 Å². The van der Waals surface area contributed by atoms with E-state index in [0.717, 1.165) is 24.6 Å². The van der Waals surface area contributed by atoms with Crippen LogP contribution in [0.2, 0.25) is 0 Å². The average molecular weight is 505 g/mol. The lowest BCUT2D eigenvalue weighted by molar-refractivity contribution is -0.156. The van der Waals surface area contributed by atoms with Crippen LogP contribution in [-0.2, 0) is 38.1 Å². The number of hydrogen-bond acceptors (Lipinski definition) is 8. The van der Waals surface area contributed by atoms with Gasteiger partial charge in [0.2, 0.25) is 0 Å². The number of hydrogen-bond donors (Lipinski definition) is 0. The molecular weight excluding hydrogens is 464 g/mol. The highest BCUT2D eigenvalue weighted by Gasteiger charge is 2.62. The summed E-state index contributed by atoms with van der Waals surface area (Å²) in [5.74, 6) is -1.40. The van der Waals surface area contributed by atoms with Gasteiger partial charge in [-0.2, -0.15) is 0 Å². The molecule has 0 aliphatic heterocycles. The van der Waals surface area contributed by atoms with Gasteiger partial charge in [-0.1, -0.05) is 54.0 Å². The van der Waals surface area contributed by atoms with Crippen LogP contribution < -0.4 is 0 Å². The fourth-order valence-corrected chi connectivity index (χ4v) is 4.78. The van der Waals surface area contributed by atoms with E-state index in [4.69, 9.17) is 18.9 Å². The van der Waals surface area contributed by atoms with Gasteiger partial charge < -0.3 is 18.9 Å². The molecule has 0 amide bonds. The number of esters is 4. The molecule has 8 heteroatoms. The van der Waals surface area contributed by atoms with Crippen molar-refractivity contribution in [3.63, 3.8) is 0 Å². The van der Waals surface area contributed by atoms with Crippen molar-refractivity contribution in [2.45, 2.75) is 59.5 Å². The monoisotopic (exact) mass is 504 g/mol. The lowest BCUT2D eigenvalue weighted by Crippen LogP contribution is -2.38. The molecule has 0 radical (unpaired) electrons. The smallest absolute Gasteiger partial charge is 0.330 e. The fourth-order valence-electron chi connectivity index (χ4n) is 4.78. The van der Waals surface area contributed by atoms with Crippen LogP contribution in [0.4, 0.5) is 0 Å². The second-order valence-electron chi connectivity index (χ2n) is 10.0. The maximum atomic E-state index is 11.3. The normalized spacial score (nSPS) is 23.2. The maximum Gasteiger partial charge on any atom is 0.330 e. The van der Waals surface area contributed by atoms with Gasteiger partial charge in [-0.15, -0.1) is 0 Å². The Hall–Kier alpha value is -3.16. The van der Waals surface area contributed by atoms with Crippen molar-refractivity contribution < 1.29 is 38.1 Å². The molecule has 2 fully saturated rings. The molecule has 2 aliphatic carbocycles. The fraction of sp³-hybridized carbons (Fsp3) is 0.571. The summed E-state index contributed by atoms with van der Waals surface area (Å²) in [6.07, 6.45) is 8.36. The number of fused-ring (bicyclic) bond motifs is 2. The third-order valence-corrected chi connectivity index (χ3v) is 7.95. The summed E-state index contributed by atoms with van der Waals surface area (Å²) >= 11 is 0. The predicted octanol–water partition coefficient (Wildman–Crippen LogP) is 4.50. The molecule has 8 nitrogen and oxygen atoms in total. The molecule has 0 aromatic carbocycles. The van der Waals surface area contributed by atoms with Crippen LogP contribution in [0.1, 0.15) is 53.4 Å². The molecule has 2 saturated carbocycles. The van der Waals surface area contributed by atoms with E-state index >= 15 is 0 Å². The van der Waals surface area contributed by atoms with E-state index in [0.29, 0.717) is 17.8 Å². The average Bonchev–Trinajstić information content (AvgIpc) is 3.21. The first-order valence-electron chi connectivity index (χ1n) is 12.0. The minimum atomic E-state index is -0.837. The first-order valence-corrected chi connectivity index (χ1v) is 12.0. The van der Waals surface area contributed by atoms with Gasteiger partial charge in [0, 0.05) is 29.7 Å². The molecule has 1 unspecified atom stereocenters. The highest BCUT2D eigenvalue weighted by atomic mass is 16.6. The van der Waals surface area contributed by atoms with Crippen molar-refractivity contribution in [2.75, 3.05) is 19.8 Å². The molecule has 200 valence electrons. The minimum absolute atomic E-state index is 0.0802. The van der Waals surface area contributed by atoms with Crippen LogP contribution in [0.3, 0.4) is 0 Å². The molecule has 36 heavy (non-hydrogen) atoms. The Morgan fingerprint density at radius 2 is 1.22 bits per heavy atom. The first kappa shape index (κ1) is 30.9. The number of carbonyl (C=O) groups is 4. The number of ether oxygens (including phenoxy) is 4. The Bertz CT molecular complexity index is 811. The van der Waals surface area contributed by atoms with E-state index in [1.165, 1.54) is 18.9 Å². The van der Waals surface area contributed by atoms with Gasteiger partial charge in [0.25, 0.3) is 0 Å². The molecular formula is C28H40O8. The molecule has 2 aliphatic rings. The third kappa shape index (κ3) is 7.42. The second kappa shape index (κ2) is 13.2. The molecule has 0 aromatic heterocycles. The number of rotatable bonds is 12. The molecule has 3 atom stereocenters. The Labute approximate surface area is 214 Å². The van der Waals surface area contributed by atoms with Crippen LogP contribution in [-0.4, -0.2) is 49.8 Å². The lowest BCUT2D eigenvalue weighted by Gasteiger charge is -2.38. The minimum Gasteiger partial charge on any atom is -0.462 e. The summed E-state index contributed by atoms with van der Waals surface area (Å²) < 4.78 is 20.4. The largest absolute Gasteiger partial charge is 0.462 e. The molecule has 2 bridgehead atoms. The molecule has 0 aromatic rings. The molecule has 0 N–H and O–H groups in total. The van der Waals surface area contributed by atoms with Crippen LogP contribution in [0, 0.1) is 22.2 Å². The van der Waals surface area contributed by atoms with Gasteiger partial charge in [0.05, 0.1) is 5.41 Å². The van der Waals surface area contributed by atoms with Crippen molar-refractivity contribution in [1.82, 2.24) is 0 Å². The van der Waals surface area contributed by atoms with E-state index in [1.54, 1.807) is 6.92 Å². The predicted molar refractivity (Wildman–Crippen MR) is 135 cm³/mol. The Balaban J connectivity index is 0.000000377. The zero-order valence-electron chi connectivity index (χ0n) is 22.0. The Kier molecular flexibility index (Phi) is 11.3. The highest BCUT2D eigenvalue weighted by molar-refractivity contribution is 5.82. The van der Waals surface area contributed by atoms with Crippen molar-refractivity contribution in [2.24, 2.45) is 22.2 Å². The van der Waals surface area contributed by atoms with Crippen LogP contribution >= 0.6 is 0 Å². The van der Waals surface area contributed by atoms with Crippen molar-refractivity contribution in [1.29, 1.82) is 0 Å². The van der Waals surface area contributed by atoms with Crippen molar-refractivity contribution in [3.05, 3.63) is 50.6 Å². The summed E-state index contributed by atoms with van der Waals surface area (Å²) in [5.41, 5.74) is -0.370. The third-order valence-electron chi connectivity index (χ3n) is 7.95. The summed E-state index contributed by atoms with van der Waals surface area (Å²) in [4.78, 5) is 44.8. The molecule has 2 rings (SSSR count). The standard InChI is InChI=1S/C15H20O6.C13H20O2/c1-5-12(16)19-9-15(8-4,10-20-13(17)6-2)11-21-14(18)7-3;1-5-11(14)15-10-8-9-6-7-13(10,4)12(9,2)3/h5-7H,1-3,8-11H2,4H3;5,9-10H,1,6-8H2,2-4H3/t;9-,10?,13-/m.1/s1. The topological polar surface area (TPSA) is 105 Å². The van der Waals surface area contributed by atoms with Crippen molar-refractivity contribution in [3.8, 4) is 0 Å². The van der Waals surface area contributed by atoms with E-state index in [-0.39, 0.29) is 37.3 Å². The summed E-state index contributed by atoms with van der Waals surface area (Å²) in [6.45, 7) is 21.8. The van der Waals surface area contributed by atoms with E-state index in [1.807, 2.05) is 0 Å².